The Morgan fingerprint density at radius 2 is 1.08 bits per heavy atom. The summed E-state index contributed by atoms with van der Waals surface area (Å²) in [5.74, 6) is 1.54. The van der Waals surface area contributed by atoms with E-state index in [-0.39, 0.29) is 6.61 Å². The van der Waals surface area contributed by atoms with E-state index in [1.54, 1.807) is 21.3 Å². The maximum absolute atomic E-state index is 10.2. The molecule has 3 aromatic carbocycles. The maximum Gasteiger partial charge on any atom is 0.186 e. The molecule has 5 atom stereocenters. The van der Waals surface area contributed by atoms with Gasteiger partial charge in [0.1, 0.15) is 35.9 Å². The first-order valence-corrected chi connectivity index (χ1v) is 12.6. The standard InChI is InChI=1S/C30H36O8/c1-32-24-13-9-22(10-14-24)19-36-28-27(35-18-21-7-5-4-6-8-21)26(17-31)38-30(34-3)29(28)37-20-23-11-15-25(33-2)16-12-23/h4-16,26-31H,17-20H2,1-3H3/t26-,27-,28+,29-,30+/m1/s1. The molecule has 0 radical (unpaired) electrons. The van der Waals surface area contributed by atoms with Crippen molar-refractivity contribution in [3.8, 4) is 11.5 Å². The number of benzene rings is 3. The maximum atomic E-state index is 10.2. The van der Waals surface area contributed by atoms with Crippen LogP contribution >= 0.6 is 0 Å². The van der Waals surface area contributed by atoms with Crippen LogP contribution in [0.4, 0.5) is 0 Å². The second-order valence-corrected chi connectivity index (χ2v) is 8.97. The second kappa shape index (κ2) is 14.2. The highest BCUT2D eigenvalue weighted by Crippen LogP contribution is 2.31. The van der Waals surface area contributed by atoms with Gasteiger partial charge < -0.3 is 38.3 Å². The number of hydrogen-bond acceptors (Lipinski definition) is 8. The van der Waals surface area contributed by atoms with Crippen LogP contribution in [0.5, 0.6) is 11.5 Å². The highest BCUT2D eigenvalue weighted by molar-refractivity contribution is 5.27. The van der Waals surface area contributed by atoms with Crippen LogP contribution in [0.25, 0.3) is 0 Å². The van der Waals surface area contributed by atoms with Gasteiger partial charge in [0.25, 0.3) is 0 Å². The molecule has 0 spiro atoms. The predicted octanol–water partition coefficient (Wildman–Crippen LogP) is 4.12. The highest BCUT2D eigenvalue weighted by atomic mass is 16.7. The molecule has 1 heterocycles. The minimum absolute atomic E-state index is 0.257. The van der Waals surface area contributed by atoms with Crippen molar-refractivity contribution in [3.63, 3.8) is 0 Å². The van der Waals surface area contributed by atoms with Crippen LogP contribution in [0.15, 0.2) is 78.9 Å². The SMILES string of the molecule is COc1ccc(CO[C@@H]2[C@@H](OCc3ccc(OC)cc3)[C@@H](OC)O[C@H](CO)[C@H]2OCc2ccccc2)cc1. The van der Waals surface area contributed by atoms with Crippen LogP contribution in [0.2, 0.25) is 0 Å². The van der Waals surface area contributed by atoms with Crippen molar-refractivity contribution in [2.45, 2.75) is 50.5 Å². The molecule has 0 aromatic heterocycles. The molecule has 1 saturated heterocycles. The summed E-state index contributed by atoms with van der Waals surface area (Å²) in [5.41, 5.74) is 2.92. The summed E-state index contributed by atoms with van der Waals surface area (Å²) in [6.07, 6.45) is -3.24. The molecule has 8 heteroatoms. The fourth-order valence-corrected chi connectivity index (χ4v) is 4.38. The average molecular weight is 525 g/mol. The molecule has 4 rings (SSSR count). The van der Waals surface area contributed by atoms with Gasteiger partial charge in [-0.1, -0.05) is 54.6 Å². The van der Waals surface area contributed by atoms with E-state index < -0.39 is 30.7 Å². The van der Waals surface area contributed by atoms with E-state index in [0.717, 1.165) is 28.2 Å². The number of hydrogen-bond donors (Lipinski definition) is 1. The van der Waals surface area contributed by atoms with Gasteiger partial charge in [0, 0.05) is 7.11 Å². The van der Waals surface area contributed by atoms with Gasteiger partial charge in [-0.15, -0.1) is 0 Å². The van der Waals surface area contributed by atoms with Crippen molar-refractivity contribution in [2.24, 2.45) is 0 Å². The summed E-state index contributed by atoms with van der Waals surface area (Å²) in [6.45, 7) is 0.676. The molecule has 0 unspecified atom stereocenters. The van der Waals surface area contributed by atoms with Crippen molar-refractivity contribution in [1.29, 1.82) is 0 Å². The Balaban J connectivity index is 1.56. The molecule has 8 nitrogen and oxygen atoms in total. The van der Waals surface area contributed by atoms with Gasteiger partial charge in [0.15, 0.2) is 6.29 Å². The minimum Gasteiger partial charge on any atom is -0.497 e. The Morgan fingerprint density at radius 1 is 0.605 bits per heavy atom. The zero-order chi connectivity index (χ0) is 26.7. The van der Waals surface area contributed by atoms with Crippen molar-refractivity contribution in [3.05, 3.63) is 95.6 Å². The lowest BCUT2D eigenvalue weighted by Gasteiger charge is -2.45. The van der Waals surface area contributed by atoms with E-state index in [4.69, 9.17) is 33.2 Å². The summed E-state index contributed by atoms with van der Waals surface area (Å²) in [4.78, 5) is 0. The number of ether oxygens (including phenoxy) is 7. The molecular weight excluding hydrogens is 488 g/mol. The van der Waals surface area contributed by atoms with Gasteiger partial charge >= 0.3 is 0 Å². The minimum atomic E-state index is -0.761. The van der Waals surface area contributed by atoms with E-state index in [2.05, 4.69) is 0 Å². The molecule has 1 fully saturated rings. The largest absolute Gasteiger partial charge is 0.497 e. The Labute approximate surface area is 224 Å². The normalized spacial score (nSPS) is 23.2. The number of aliphatic hydroxyl groups is 1. The van der Waals surface area contributed by atoms with E-state index in [0.29, 0.717) is 19.8 Å². The smallest absolute Gasteiger partial charge is 0.186 e. The Morgan fingerprint density at radius 3 is 1.55 bits per heavy atom. The molecule has 0 bridgehead atoms. The first-order valence-electron chi connectivity index (χ1n) is 12.6. The zero-order valence-electron chi connectivity index (χ0n) is 22.0. The van der Waals surface area contributed by atoms with Crippen LogP contribution in [-0.2, 0) is 43.5 Å². The lowest BCUT2D eigenvalue weighted by molar-refractivity contribution is -0.321. The third-order valence-electron chi connectivity index (χ3n) is 6.49. The van der Waals surface area contributed by atoms with Crippen LogP contribution in [-0.4, -0.2) is 63.7 Å². The lowest BCUT2D eigenvalue weighted by Crippen LogP contribution is -2.61. The molecule has 0 amide bonds. The van der Waals surface area contributed by atoms with E-state index >= 15 is 0 Å². The van der Waals surface area contributed by atoms with E-state index in [9.17, 15) is 5.11 Å². The van der Waals surface area contributed by atoms with Crippen LogP contribution in [0, 0.1) is 0 Å². The second-order valence-electron chi connectivity index (χ2n) is 8.97. The fraction of sp³-hybridized carbons (Fsp3) is 0.400. The third-order valence-corrected chi connectivity index (χ3v) is 6.49. The van der Waals surface area contributed by atoms with Crippen LogP contribution in [0.3, 0.4) is 0 Å². The first kappa shape index (κ1) is 28.0. The molecule has 204 valence electrons. The van der Waals surface area contributed by atoms with Gasteiger partial charge in [-0.25, -0.2) is 0 Å². The van der Waals surface area contributed by atoms with E-state index in [1.807, 2.05) is 78.9 Å². The first-order chi connectivity index (χ1) is 18.6. The van der Waals surface area contributed by atoms with Gasteiger partial charge in [-0.05, 0) is 41.0 Å². The highest BCUT2D eigenvalue weighted by Gasteiger charge is 2.48. The van der Waals surface area contributed by atoms with Crippen molar-refractivity contribution in [1.82, 2.24) is 0 Å². The topological polar surface area (TPSA) is 84.8 Å². The summed E-state index contributed by atoms with van der Waals surface area (Å²) in [6, 6.07) is 25.2. The quantitative estimate of drug-likeness (QED) is 0.358. The van der Waals surface area contributed by atoms with Crippen molar-refractivity contribution >= 4 is 0 Å². The monoisotopic (exact) mass is 524 g/mol. The lowest BCUT2D eigenvalue weighted by atomic mass is 9.98. The molecule has 1 N–H and O–H groups in total. The Kier molecular flexibility index (Phi) is 10.5. The Bertz CT molecular complexity index is 1070. The zero-order valence-corrected chi connectivity index (χ0v) is 22.0. The van der Waals surface area contributed by atoms with Gasteiger partial charge in [-0.3, -0.25) is 0 Å². The average Bonchev–Trinajstić information content (AvgIpc) is 2.98. The predicted molar refractivity (Wildman–Crippen MR) is 141 cm³/mol. The van der Waals surface area contributed by atoms with Gasteiger partial charge in [-0.2, -0.15) is 0 Å². The molecule has 3 aromatic rings. The van der Waals surface area contributed by atoms with Crippen molar-refractivity contribution in [2.75, 3.05) is 27.9 Å². The Hall–Kier alpha value is -2.98. The molecule has 1 aliphatic heterocycles. The number of rotatable bonds is 13. The van der Waals surface area contributed by atoms with Gasteiger partial charge in [0.2, 0.25) is 0 Å². The fourth-order valence-electron chi connectivity index (χ4n) is 4.38. The molecule has 0 aliphatic carbocycles. The molecule has 38 heavy (non-hydrogen) atoms. The van der Waals surface area contributed by atoms with E-state index in [1.165, 1.54) is 0 Å². The summed E-state index contributed by atoms with van der Waals surface area (Å²) in [7, 11) is 4.81. The number of aliphatic hydroxyl groups excluding tert-OH is 1. The van der Waals surface area contributed by atoms with Crippen LogP contribution in [0.1, 0.15) is 16.7 Å². The molecule has 0 saturated carbocycles. The summed E-state index contributed by atoms with van der Waals surface area (Å²) in [5, 5.41) is 10.2. The molecule has 1 aliphatic rings. The van der Waals surface area contributed by atoms with Gasteiger partial charge in [0.05, 0.1) is 40.6 Å². The summed E-state index contributed by atoms with van der Waals surface area (Å²) < 4.78 is 41.4. The summed E-state index contributed by atoms with van der Waals surface area (Å²) >= 11 is 0. The molecular formula is C30H36O8. The number of methoxy groups -OCH3 is 3. The van der Waals surface area contributed by atoms with Crippen molar-refractivity contribution < 1.29 is 38.3 Å². The van der Waals surface area contributed by atoms with Crippen LogP contribution < -0.4 is 9.47 Å². The third kappa shape index (κ3) is 7.32.